The number of thioether (sulfide) groups is 1. The monoisotopic (exact) mass is 404 g/mol. The molecule has 0 saturated carbocycles. The van der Waals surface area contributed by atoms with E-state index in [-0.39, 0.29) is 10.8 Å². The lowest BCUT2D eigenvalue weighted by atomic mass is 10.2. The molecule has 3 rings (SSSR count). The zero-order valence-electron chi connectivity index (χ0n) is 15.6. The lowest BCUT2D eigenvalue weighted by Crippen LogP contribution is -2.36. The van der Waals surface area contributed by atoms with E-state index in [2.05, 4.69) is 5.32 Å². The number of hydrogen-bond donors (Lipinski definition) is 1. The molecule has 0 radical (unpaired) electrons. The quantitative estimate of drug-likeness (QED) is 0.761. The summed E-state index contributed by atoms with van der Waals surface area (Å²) in [6.45, 7) is 2.89. The van der Waals surface area contributed by atoms with Crippen LogP contribution < -0.4 is 5.32 Å². The molecule has 1 aliphatic heterocycles. The smallest absolute Gasteiger partial charge is 0.256 e. The van der Waals surface area contributed by atoms with Crippen LogP contribution >= 0.6 is 11.8 Å². The number of sulfonamides is 1. The number of benzene rings is 2. The molecular formula is C20H24N2O3S2. The number of aryl methyl sites for hydroxylation is 1. The third kappa shape index (κ3) is 4.36. The molecule has 1 fully saturated rings. The van der Waals surface area contributed by atoms with Gasteiger partial charge in [-0.05, 0) is 55.9 Å². The number of piperidine rings is 1. The average Bonchev–Trinajstić information content (AvgIpc) is 2.69. The van der Waals surface area contributed by atoms with E-state index in [4.69, 9.17) is 0 Å². The van der Waals surface area contributed by atoms with Crippen LogP contribution in [0.1, 0.15) is 35.2 Å². The van der Waals surface area contributed by atoms with Crippen molar-refractivity contribution >= 4 is 33.4 Å². The van der Waals surface area contributed by atoms with Crippen LogP contribution in [0, 0.1) is 6.92 Å². The molecule has 0 bridgehead atoms. The summed E-state index contributed by atoms with van der Waals surface area (Å²) in [4.78, 5) is 13.8. The normalized spacial score (nSPS) is 15.5. The van der Waals surface area contributed by atoms with Gasteiger partial charge in [0.15, 0.2) is 0 Å². The number of amides is 1. The molecule has 27 heavy (non-hydrogen) atoms. The number of nitrogens with zero attached hydrogens (tertiary/aromatic N) is 1. The second kappa shape index (κ2) is 8.46. The molecule has 1 amide bonds. The van der Waals surface area contributed by atoms with Crippen molar-refractivity contribution in [3.8, 4) is 0 Å². The van der Waals surface area contributed by atoms with Gasteiger partial charge in [0.05, 0.1) is 10.5 Å². The molecule has 0 aliphatic carbocycles. The Morgan fingerprint density at radius 3 is 2.48 bits per heavy atom. The first-order valence-electron chi connectivity index (χ1n) is 8.98. The van der Waals surface area contributed by atoms with Gasteiger partial charge in [-0.25, -0.2) is 8.42 Å². The summed E-state index contributed by atoms with van der Waals surface area (Å²) in [6.07, 6.45) is 4.76. The van der Waals surface area contributed by atoms with E-state index in [9.17, 15) is 13.2 Å². The molecule has 0 aromatic heterocycles. The fourth-order valence-corrected chi connectivity index (χ4v) is 5.59. The van der Waals surface area contributed by atoms with Crippen molar-refractivity contribution < 1.29 is 13.2 Å². The van der Waals surface area contributed by atoms with E-state index in [0.29, 0.717) is 29.9 Å². The molecule has 1 aliphatic rings. The Hall–Kier alpha value is -1.83. The predicted octanol–water partition coefficient (Wildman–Crippen LogP) is 4.14. The number of carbonyl (C=O) groups excluding carboxylic acids is 1. The zero-order chi connectivity index (χ0) is 19.4. The number of rotatable bonds is 5. The first-order chi connectivity index (χ1) is 12.9. The summed E-state index contributed by atoms with van der Waals surface area (Å²) in [5, 5.41) is 2.84. The van der Waals surface area contributed by atoms with Gasteiger partial charge in [0, 0.05) is 23.7 Å². The number of nitrogens with one attached hydrogen (secondary N) is 1. The fraction of sp³-hybridized carbons (Fsp3) is 0.350. The van der Waals surface area contributed by atoms with Crippen LogP contribution in [-0.4, -0.2) is 38.0 Å². The molecule has 1 saturated heterocycles. The van der Waals surface area contributed by atoms with Crippen LogP contribution in [0.4, 0.5) is 5.69 Å². The summed E-state index contributed by atoms with van der Waals surface area (Å²) >= 11 is 1.50. The van der Waals surface area contributed by atoms with Crippen molar-refractivity contribution in [2.45, 2.75) is 36.0 Å². The number of hydrogen-bond acceptors (Lipinski definition) is 4. The van der Waals surface area contributed by atoms with Crippen LogP contribution in [0.2, 0.25) is 0 Å². The van der Waals surface area contributed by atoms with Gasteiger partial charge in [-0.15, -0.1) is 11.8 Å². The highest BCUT2D eigenvalue weighted by molar-refractivity contribution is 7.98. The van der Waals surface area contributed by atoms with Crippen molar-refractivity contribution in [1.82, 2.24) is 4.31 Å². The highest BCUT2D eigenvalue weighted by atomic mass is 32.2. The molecule has 1 N–H and O–H groups in total. The maximum atomic E-state index is 13.0. The fourth-order valence-electron chi connectivity index (χ4n) is 3.23. The zero-order valence-corrected chi connectivity index (χ0v) is 17.2. The lowest BCUT2D eigenvalue weighted by Gasteiger charge is -2.26. The second-order valence-electron chi connectivity index (χ2n) is 6.60. The lowest BCUT2D eigenvalue weighted by molar-refractivity contribution is 0.102. The summed E-state index contributed by atoms with van der Waals surface area (Å²) in [7, 11) is -3.55. The minimum Gasteiger partial charge on any atom is -0.322 e. The third-order valence-corrected chi connectivity index (χ3v) is 7.57. The van der Waals surface area contributed by atoms with Gasteiger partial charge in [-0.2, -0.15) is 4.31 Å². The molecule has 144 valence electrons. The van der Waals surface area contributed by atoms with Crippen LogP contribution in [0.5, 0.6) is 0 Å². The topological polar surface area (TPSA) is 66.5 Å². The number of carbonyl (C=O) groups is 1. The van der Waals surface area contributed by atoms with Crippen LogP contribution in [-0.2, 0) is 10.0 Å². The Morgan fingerprint density at radius 1 is 1.07 bits per heavy atom. The number of anilines is 1. The van der Waals surface area contributed by atoms with Crippen molar-refractivity contribution in [2.24, 2.45) is 0 Å². The maximum absolute atomic E-state index is 13.0. The Labute approximate surface area is 165 Å². The van der Waals surface area contributed by atoms with E-state index < -0.39 is 10.0 Å². The Morgan fingerprint density at radius 2 is 1.78 bits per heavy atom. The van der Waals surface area contributed by atoms with Gasteiger partial charge >= 0.3 is 0 Å². The Bertz CT molecular complexity index is 936. The summed E-state index contributed by atoms with van der Waals surface area (Å²) in [6, 6.07) is 12.4. The molecule has 2 aromatic carbocycles. The standard InChI is InChI=1S/C20H24N2O3S2/c1-15-10-11-16(21-20(23)17-8-4-5-9-18(17)26-2)14-19(15)27(24,25)22-12-6-3-7-13-22/h4-5,8-11,14H,3,6-7,12-13H2,1-2H3,(H,21,23). The van der Waals surface area contributed by atoms with Gasteiger partial charge in [-0.3, -0.25) is 4.79 Å². The Kier molecular flexibility index (Phi) is 6.24. The van der Waals surface area contributed by atoms with E-state index in [0.717, 1.165) is 24.2 Å². The highest BCUT2D eigenvalue weighted by Gasteiger charge is 2.27. The van der Waals surface area contributed by atoms with Gasteiger partial charge in [-0.1, -0.05) is 24.6 Å². The van der Waals surface area contributed by atoms with Crippen molar-refractivity contribution in [3.63, 3.8) is 0 Å². The SMILES string of the molecule is CSc1ccccc1C(=O)Nc1ccc(C)c(S(=O)(=O)N2CCCCC2)c1. The maximum Gasteiger partial charge on any atom is 0.256 e. The first kappa shape index (κ1) is 19.9. The van der Waals surface area contributed by atoms with Gasteiger partial charge in [0.2, 0.25) is 10.0 Å². The molecule has 0 unspecified atom stereocenters. The first-order valence-corrected chi connectivity index (χ1v) is 11.6. The summed E-state index contributed by atoms with van der Waals surface area (Å²) in [5.41, 5.74) is 1.74. The van der Waals surface area contributed by atoms with Crippen LogP contribution in [0.3, 0.4) is 0 Å². The van der Waals surface area contributed by atoms with Gasteiger partial charge in [0.1, 0.15) is 0 Å². The molecule has 0 spiro atoms. The van der Waals surface area contributed by atoms with E-state index in [1.807, 2.05) is 24.5 Å². The average molecular weight is 405 g/mol. The van der Waals surface area contributed by atoms with Crippen molar-refractivity contribution in [2.75, 3.05) is 24.7 Å². The summed E-state index contributed by atoms with van der Waals surface area (Å²) in [5.74, 6) is -0.245. The summed E-state index contributed by atoms with van der Waals surface area (Å²) < 4.78 is 27.6. The van der Waals surface area contributed by atoms with Gasteiger partial charge < -0.3 is 5.32 Å². The Balaban J connectivity index is 1.88. The molecule has 1 heterocycles. The molecular weight excluding hydrogens is 380 g/mol. The largest absolute Gasteiger partial charge is 0.322 e. The minimum absolute atomic E-state index is 0.245. The van der Waals surface area contributed by atoms with Gasteiger partial charge in [0.25, 0.3) is 5.91 Å². The van der Waals surface area contributed by atoms with Crippen LogP contribution in [0.25, 0.3) is 0 Å². The molecule has 0 atom stereocenters. The minimum atomic E-state index is -3.55. The van der Waals surface area contributed by atoms with Crippen LogP contribution in [0.15, 0.2) is 52.3 Å². The van der Waals surface area contributed by atoms with E-state index >= 15 is 0 Å². The molecule has 2 aromatic rings. The van der Waals surface area contributed by atoms with Crippen molar-refractivity contribution in [3.05, 3.63) is 53.6 Å². The van der Waals surface area contributed by atoms with E-state index in [1.54, 1.807) is 35.5 Å². The third-order valence-electron chi connectivity index (χ3n) is 4.73. The van der Waals surface area contributed by atoms with Crippen molar-refractivity contribution in [1.29, 1.82) is 0 Å². The van der Waals surface area contributed by atoms with E-state index in [1.165, 1.54) is 11.8 Å². The highest BCUT2D eigenvalue weighted by Crippen LogP contribution is 2.27. The molecule has 5 nitrogen and oxygen atoms in total. The predicted molar refractivity (Wildman–Crippen MR) is 110 cm³/mol. The second-order valence-corrected chi connectivity index (χ2v) is 9.35. The molecule has 7 heteroatoms.